The van der Waals surface area contributed by atoms with Gasteiger partial charge in [0, 0.05) is 35.6 Å². The lowest BCUT2D eigenvalue weighted by molar-refractivity contribution is 0.112. The van der Waals surface area contributed by atoms with Gasteiger partial charge in [-0.3, -0.25) is 9.69 Å². The van der Waals surface area contributed by atoms with Gasteiger partial charge in [-0.15, -0.1) is 5.10 Å². The van der Waals surface area contributed by atoms with Crippen LogP contribution in [0.25, 0.3) is 10.9 Å². The van der Waals surface area contributed by atoms with E-state index in [4.69, 9.17) is 0 Å². The number of fused-ring (bicyclic) bond motifs is 1. The minimum absolute atomic E-state index is 0.00554. The number of benzene rings is 2. The molecule has 0 amide bonds. The fourth-order valence-electron chi connectivity index (χ4n) is 5.81. The zero-order chi connectivity index (χ0) is 25.1. The van der Waals surface area contributed by atoms with E-state index >= 15 is 0 Å². The number of H-pyrrole nitrogens is 1. The second-order valence-electron chi connectivity index (χ2n) is 10.2. The second-order valence-corrected chi connectivity index (χ2v) is 10.2. The van der Waals surface area contributed by atoms with Gasteiger partial charge in [0.2, 0.25) is 0 Å². The van der Waals surface area contributed by atoms with E-state index in [0.29, 0.717) is 12.6 Å². The summed E-state index contributed by atoms with van der Waals surface area (Å²) in [5, 5.41) is 14.0. The van der Waals surface area contributed by atoms with Crippen molar-refractivity contribution in [2.75, 3.05) is 0 Å². The first-order valence-electron chi connectivity index (χ1n) is 13.2. The Balaban J connectivity index is 1.47. The molecule has 0 radical (unpaired) electrons. The molecule has 0 aliphatic heterocycles. The van der Waals surface area contributed by atoms with Crippen LogP contribution in [0, 0.1) is 13.8 Å². The van der Waals surface area contributed by atoms with Crippen molar-refractivity contribution < 1.29 is 0 Å². The lowest BCUT2D eigenvalue weighted by atomic mass is 10.0. The largest absolute Gasteiger partial charge is 0.322 e. The van der Waals surface area contributed by atoms with Crippen LogP contribution < -0.4 is 5.56 Å². The summed E-state index contributed by atoms with van der Waals surface area (Å²) < 4.78 is 1.96. The van der Waals surface area contributed by atoms with Crippen molar-refractivity contribution in [2.24, 2.45) is 0 Å². The van der Waals surface area contributed by atoms with Crippen molar-refractivity contribution in [3.05, 3.63) is 87.0 Å². The van der Waals surface area contributed by atoms with E-state index in [1.54, 1.807) is 0 Å². The molecule has 0 bridgehead atoms. The summed E-state index contributed by atoms with van der Waals surface area (Å²) in [7, 11) is 0. The van der Waals surface area contributed by atoms with Crippen LogP contribution in [-0.4, -0.2) is 36.1 Å². The summed E-state index contributed by atoms with van der Waals surface area (Å²) in [5.74, 6) is 0.893. The van der Waals surface area contributed by atoms with Crippen LogP contribution in [0.15, 0.2) is 53.3 Å². The molecule has 7 nitrogen and oxygen atoms in total. The highest BCUT2D eigenvalue weighted by atomic mass is 16.1. The first-order chi connectivity index (χ1) is 17.5. The van der Waals surface area contributed by atoms with E-state index < -0.39 is 0 Å². The Hall–Kier alpha value is -3.32. The van der Waals surface area contributed by atoms with Gasteiger partial charge in [0.15, 0.2) is 5.82 Å². The van der Waals surface area contributed by atoms with Crippen LogP contribution in [0.2, 0.25) is 0 Å². The molecule has 1 N–H and O–H groups in total. The zero-order valence-corrected chi connectivity index (χ0v) is 21.6. The quantitative estimate of drug-likeness (QED) is 0.350. The summed E-state index contributed by atoms with van der Waals surface area (Å²) in [6, 6.07) is 17.2. The van der Waals surface area contributed by atoms with E-state index in [1.807, 2.05) is 10.7 Å². The number of aromatic nitrogens is 5. The SMILES string of the molecule is CC[C@@H](c1nnnn1CCc1ccccc1)N(Cc1cc2c(C)cc(C)cc2[nH]c1=O)C1CCCC1. The molecule has 36 heavy (non-hydrogen) atoms. The Morgan fingerprint density at radius 2 is 1.89 bits per heavy atom. The number of tetrazole rings is 1. The topological polar surface area (TPSA) is 79.7 Å². The van der Waals surface area contributed by atoms with Gasteiger partial charge in [0.05, 0.1) is 6.04 Å². The Bertz CT molecular complexity index is 1370. The van der Waals surface area contributed by atoms with Gasteiger partial charge in [-0.05, 0) is 78.8 Å². The predicted octanol–water partition coefficient (Wildman–Crippen LogP) is 5.27. The van der Waals surface area contributed by atoms with Crippen LogP contribution in [0.5, 0.6) is 0 Å². The van der Waals surface area contributed by atoms with Gasteiger partial charge in [0.1, 0.15) is 0 Å². The van der Waals surface area contributed by atoms with Crippen molar-refractivity contribution in [1.29, 1.82) is 0 Å². The Labute approximate surface area is 212 Å². The van der Waals surface area contributed by atoms with E-state index in [1.165, 1.54) is 24.0 Å². The number of aryl methyl sites for hydroxylation is 4. The number of nitrogens with zero attached hydrogens (tertiary/aromatic N) is 5. The third-order valence-electron chi connectivity index (χ3n) is 7.64. The molecule has 1 aliphatic rings. The minimum Gasteiger partial charge on any atom is -0.322 e. The van der Waals surface area contributed by atoms with E-state index in [-0.39, 0.29) is 11.6 Å². The molecule has 2 heterocycles. The third-order valence-corrected chi connectivity index (χ3v) is 7.64. The van der Waals surface area contributed by atoms with Gasteiger partial charge in [-0.2, -0.15) is 0 Å². The van der Waals surface area contributed by atoms with Crippen molar-refractivity contribution in [3.8, 4) is 0 Å². The maximum Gasteiger partial charge on any atom is 0.252 e. The zero-order valence-electron chi connectivity index (χ0n) is 21.6. The van der Waals surface area contributed by atoms with Gasteiger partial charge in [-0.25, -0.2) is 4.68 Å². The average molecular weight is 485 g/mol. The van der Waals surface area contributed by atoms with Crippen LogP contribution in [0.4, 0.5) is 0 Å². The number of aromatic amines is 1. The van der Waals surface area contributed by atoms with E-state index in [9.17, 15) is 4.79 Å². The van der Waals surface area contributed by atoms with E-state index in [2.05, 4.69) is 88.6 Å². The summed E-state index contributed by atoms with van der Waals surface area (Å²) in [5.41, 5.74) is 5.33. The maximum absolute atomic E-state index is 13.2. The molecule has 2 aromatic carbocycles. The first-order valence-corrected chi connectivity index (χ1v) is 13.2. The molecule has 1 atom stereocenters. The molecule has 2 aromatic heterocycles. The molecule has 0 unspecified atom stereocenters. The van der Waals surface area contributed by atoms with Gasteiger partial charge in [0.25, 0.3) is 5.56 Å². The van der Waals surface area contributed by atoms with Crippen LogP contribution in [-0.2, 0) is 19.5 Å². The Kier molecular flexibility index (Phi) is 7.28. The van der Waals surface area contributed by atoms with Crippen molar-refractivity contribution >= 4 is 10.9 Å². The Morgan fingerprint density at radius 3 is 2.64 bits per heavy atom. The minimum atomic E-state index is -0.00554. The Morgan fingerprint density at radius 1 is 1.11 bits per heavy atom. The molecule has 1 saturated carbocycles. The molecular formula is C29H36N6O. The molecule has 1 fully saturated rings. The van der Waals surface area contributed by atoms with E-state index in [0.717, 1.165) is 60.1 Å². The summed E-state index contributed by atoms with van der Waals surface area (Å²) in [6.07, 6.45) is 6.50. The molecule has 188 valence electrons. The summed E-state index contributed by atoms with van der Waals surface area (Å²) in [6.45, 7) is 7.69. The molecular weight excluding hydrogens is 448 g/mol. The van der Waals surface area contributed by atoms with Gasteiger partial charge in [-0.1, -0.05) is 56.2 Å². The lowest BCUT2D eigenvalue weighted by Crippen LogP contribution is -2.39. The van der Waals surface area contributed by atoms with Crippen molar-refractivity contribution in [2.45, 2.75) is 84.5 Å². The molecule has 0 saturated heterocycles. The average Bonchev–Trinajstić information content (AvgIpc) is 3.56. The van der Waals surface area contributed by atoms with Gasteiger partial charge >= 0.3 is 0 Å². The van der Waals surface area contributed by atoms with Gasteiger partial charge < -0.3 is 4.98 Å². The van der Waals surface area contributed by atoms with Crippen LogP contribution >= 0.6 is 0 Å². The van der Waals surface area contributed by atoms with Crippen LogP contribution in [0.1, 0.15) is 73.1 Å². The maximum atomic E-state index is 13.2. The number of hydrogen-bond acceptors (Lipinski definition) is 5. The molecule has 4 aromatic rings. The normalized spacial score (nSPS) is 15.2. The molecule has 0 spiro atoms. The summed E-state index contributed by atoms with van der Waals surface area (Å²) >= 11 is 0. The number of pyridine rings is 1. The molecule has 5 rings (SSSR count). The number of hydrogen-bond donors (Lipinski definition) is 1. The number of rotatable bonds is 9. The molecule has 1 aliphatic carbocycles. The monoisotopic (exact) mass is 484 g/mol. The fraction of sp³-hybridized carbons (Fsp3) is 0.448. The highest BCUT2D eigenvalue weighted by molar-refractivity contribution is 5.83. The predicted molar refractivity (Wildman–Crippen MR) is 143 cm³/mol. The first kappa shape index (κ1) is 24.4. The fourth-order valence-corrected chi connectivity index (χ4v) is 5.81. The third kappa shape index (κ3) is 5.12. The van der Waals surface area contributed by atoms with Crippen molar-refractivity contribution in [1.82, 2.24) is 30.1 Å². The smallest absolute Gasteiger partial charge is 0.252 e. The van der Waals surface area contributed by atoms with Crippen LogP contribution in [0.3, 0.4) is 0 Å². The lowest BCUT2D eigenvalue weighted by Gasteiger charge is -2.35. The molecule has 7 heteroatoms. The highest BCUT2D eigenvalue weighted by Crippen LogP contribution is 2.33. The second kappa shape index (κ2) is 10.7. The number of nitrogens with one attached hydrogen (secondary N) is 1. The highest BCUT2D eigenvalue weighted by Gasteiger charge is 2.32. The standard InChI is InChI=1S/C29H36N6O/c1-4-27(28-31-32-33-35(28)15-14-22-10-6-5-7-11-22)34(24-12-8-9-13-24)19-23-18-25-21(3)16-20(2)17-26(25)30-29(23)36/h5-7,10-11,16-18,24,27H,4,8-9,12-15,19H2,1-3H3,(H,30,36)/t27-/m0/s1. The van der Waals surface area contributed by atoms with Crippen molar-refractivity contribution in [3.63, 3.8) is 0 Å². The summed E-state index contributed by atoms with van der Waals surface area (Å²) in [4.78, 5) is 18.8.